The van der Waals surface area contributed by atoms with E-state index in [9.17, 15) is 33.6 Å². The van der Waals surface area contributed by atoms with Gasteiger partial charge in [0, 0.05) is 42.5 Å². The molecule has 1 saturated heterocycles. The number of non-ortho nitro benzene ring substituents is 1. The number of nitrogens with zero attached hydrogens (tertiary/aromatic N) is 3. The number of benzene rings is 3. The molecule has 1 atom stereocenters. The van der Waals surface area contributed by atoms with E-state index in [-0.39, 0.29) is 22.5 Å². The molecule has 10 heteroatoms. The summed E-state index contributed by atoms with van der Waals surface area (Å²) in [7, 11) is 0. The Bertz CT molecular complexity index is 1420. The van der Waals surface area contributed by atoms with E-state index in [4.69, 9.17) is 0 Å². The van der Waals surface area contributed by atoms with Gasteiger partial charge in [-0.1, -0.05) is 24.3 Å². The van der Waals surface area contributed by atoms with Crippen molar-refractivity contribution in [2.24, 2.45) is 0 Å². The summed E-state index contributed by atoms with van der Waals surface area (Å²) in [5.41, 5.74) is 0.145. The minimum Gasteiger partial charge on any atom is -0.507 e. The predicted molar refractivity (Wildman–Crippen MR) is 134 cm³/mol. The summed E-state index contributed by atoms with van der Waals surface area (Å²) >= 11 is 0. The van der Waals surface area contributed by atoms with Gasteiger partial charge in [-0.25, -0.2) is 8.78 Å². The number of Topliss-reactive ketones (excluding diaryl/α,β-unsaturated/α-hetero) is 1. The Morgan fingerprint density at radius 3 is 2.30 bits per heavy atom. The van der Waals surface area contributed by atoms with Crippen LogP contribution in [0.1, 0.15) is 31.0 Å². The molecule has 0 bridgehead atoms. The zero-order chi connectivity index (χ0) is 26.9. The summed E-state index contributed by atoms with van der Waals surface area (Å²) in [6.45, 7) is 5.45. The van der Waals surface area contributed by atoms with Gasteiger partial charge in [-0.15, -0.1) is 0 Å². The number of nitro groups is 1. The summed E-state index contributed by atoms with van der Waals surface area (Å²) in [6, 6.07) is 13.1. The average Bonchev–Trinajstić information content (AvgIpc) is 3.15. The molecule has 0 radical (unpaired) electrons. The Labute approximate surface area is 211 Å². The molecule has 3 aromatic carbocycles. The molecule has 1 fully saturated rings. The summed E-state index contributed by atoms with van der Waals surface area (Å²) in [5, 5.41) is 22.4. The van der Waals surface area contributed by atoms with Gasteiger partial charge in [0.05, 0.1) is 22.2 Å². The second kappa shape index (κ2) is 10.2. The minimum absolute atomic E-state index is 0.0588. The monoisotopic (exact) mass is 507 g/mol. The van der Waals surface area contributed by atoms with Gasteiger partial charge in [0.15, 0.2) is 0 Å². The zero-order valence-corrected chi connectivity index (χ0v) is 20.0. The van der Waals surface area contributed by atoms with Crippen LogP contribution in [0.15, 0.2) is 72.3 Å². The van der Waals surface area contributed by atoms with E-state index in [1.165, 1.54) is 18.2 Å². The maximum atomic E-state index is 14.8. The number of aliphatic hydroxyl groups excluding tert-OH is 1. The van der Waals surface area contributed by atoms with Crippen LogP contribution in [0.2, 0.25) is 0 Å². The normalized spacial score (nSPS) is 16.8. The van der Waals surface area contributed by atoms with Gasteiger partial charge in [0.25, 0.3) is 17.4 Å². The number of aliphatic hydroxyl groups is 1. The van der Waals surface area contributed by atoms with E-state index in [1.54, 1.807) is 24.3 Å². The molecule has 0 saturated carbocycles. The molecule has 1 N–H and O–H groups in total. The fraction of sp³-hybridized carbons (Fsp3) is 0.185. The largest absolute Gasteiger partial charge is 0.507 e. The number of carbonyl (C=O) groups excluding carboxylic acids is 2. The highest BCUT2D eigenvalue weighted by atomic mass is 19.1. The van der Waals surface area contributed by atoms with Crippen LogP contribution in [0.3, 0.4) is 0 Å². The van der Waals surface area contributed by atoms with Crippen molar-refractivity contribution < 1.29 is 28.4 Å². The van der Waals surface area contributed by atoms with Crippen molar-refractivity contribution in [1.29, 1.82) is 0 Å². The first kappa shape index (κ1) is 25.5. The van der Waals surface area contributed by atoms with Crippen LogP contribution in [0.25, 0.3) is 5.76 Å². The molecule has 0 aromatic heterocycles. The zero-order valence-electron chi connectivity index (χ0n) is 20.0. The standard InChI is InChI=1S/C27H23F2N3O5/c1-3-30(4-2)19-11-8-16(9-12-19)24-23(25(33)17-6-5-7-20(14-17)32(36)37)26(34)27(35)31(24)22-13-10-18(28)15-21(22)29/h5-15,24,33H,3-4H2,1-2H3/b25-23+. The van der Waals surface area contributed by atoms with Crippen molar-refractivity contribution in [2.75, 3.05) is 22.9 Å². The molecule has 0 spiro atoms. The topological polar surface area (TPSA) is 104 Å². The van der Waals surface area contributed by atoms with Crippen molar-refractivity contribution in [3.63, 3.8) is 0 Å². The third-order valence-corrected chi connectivity index (χ3v) is 6.28. The fourth-order valence-electron chi connectivity index (χ4n) is 4.45. The van der Waals surface area contributed by atoms with Crippen LogP contribution < -0.4 is 9.80 Å². The first-order valence-electron chi connectivity index (χ1n) is 11.5. The highest BCUT2D eigenvalue weighted by molar-refractivity contribution is 6.51. The van der Waals surface area contributed by atoms with Gasteiger partial charge in [-0.2, -0.15) is 0 Å². The van der Waals surface area contributed by atoms with Crippen molar-refractivity contribution in [3.05, 3.63) is 105 Å². The number of anilines is 2. The lowest BCUT2D eigenvalue weighted by atomic mass is 9.94. The van der Waals surface area contributed by atoms with Gasteiger partial charge in [0.1, 0.15) is 17.4 Å². The summed E-state index contributed by atoms with van der Waals surface area (Å²) in [5.74, 6) is -4.82. The fourth-order valence-corrected chi connectivity index (χ4v) is 4.45. The predicted octanol–water partition coefficient (Wildman–Crippen LogP) is 5.35. The molecule has 3 aromatic rings. The lowest BCUT2D eigenvalue weighted by molar-refractivity contribution is -0.384. The number of ketones is 1. The molecule has 1 amide bonds. The molecule has 37 heavy (non-hydrogen) atoms. The number of carbonyl (C=O) groups is 2. The molecule has 8 nitrogen and oxygen atoms in total. The molecular formula is C27H23F2N3O5. The molecule has 190 valence electrons. The van der Waals surface area contributed by atoms with Crippen molar-refractivity contribution in [1.82, 2.24) is 0 Å². The van der Waals surface area contributed by atoms with E-state index in [1.807, 2.05) is 13.8 Å². The maximum absolute atomic E-state index is 14.8. The number of rotatable bonds is 7. The summed E-state index contributed by atoms with van der Waals surface area (Å²) in [4.78, 5) is 39.9. The number of hydrogen-bond donors (Lipinski definition) is 1. The Hall–Kier alpha value is -4.60. The maximum Gasteiger partial charge on any atom is 0.300 e. The minimum atomic E-state index is -1.27. The van der Waals surface area contributed by atoms with Crippen LogP contribution in [-0.2, 0) is 9.59 Å². The first-order chi connectivity index (χ1) is 17.7. The van der Waals surface area contributed by atoms with E-state index in [0.717, 1.165) is 41.9 Å². The van der Waals surface area contributed by atoms with Crippen LogP contribution in [0, 0.1) is 21.7 Å². The van der Waals surface area contributed by atoms with E-state index in [2.05, 4.69) is 4.90 Å². The highest BCUT2D eigenvalue weighted by Gasteiger charge is 2.47. The number of hydrogen-bond acceptors (Lipinski definition) is 6. The van der Waals surface area contributed by atoms with Gasteiger partial charge in [0.2, 0.25) is 0 Å². The second-order valence-corrected chi connectivity index (χ2v) is 8.34. The van der Waals surface area contributed by atoms with E-state index >= 15 is 0 Å². The quantitative estimate of drug-likeness (QED) is 0.152. The SMILES string of the molecule is CCN(CC)c1ccc(C2/C(=C(\O)c3cccc([N+](=O)[O-])c3)C(=O)C(=O)N2c2ccc(F)cc2F)cc1. The van der Waals surface area contributed by atoms with Gasteiger partial charge in [-0.05, 0) is 43.7 Å². The van der Waals surface area contributed by atoms with E-state index in [0.29, 0.717) is 11.6 Å². The van der Waals surface area contributed by atoms with Crippen LogP contribution >= 0.6 is 0 Å². The Morgan fingerprint density at radius 2 is 1.70 bits per heavy atom. The number of halogens is 2. The molecule has 1 aliphatic heterocycles. The highest BCUT2D eigenvalue weighted by Crippen LogP contribution is 2.43. The van der Waals surface area contributed by atoms with E-state index < -0.39 is 40.0 Å². The van der Waals surface area contributed by atoms with Gasteiger partial charge in [-0.3, -0.25) is 24.6 Å². The van der Waals surface area contributed by atoms with Crippen LogP contribution in [-0.4, -0.2) is 34.8 Å². The Morgan fingerprint density at radius 1 is 1.03 bits per heavy atom. The summed E-state index contributed by atoms with van der Waals surface area (Å²) < 4.78 is 28.5. The van der Waals surface area contributed by atoms with Gasteiger partial charge < -0.3 is 10.0 Å². The lowest BCUT2D eigenvalue weighted by Gasteiger charge is -2.27. The van der Waals surface area contributed by atoms with Crippen molar-refractivity contribution in [3.8, 4) is 0 Å². The molecule has 1 heterocycles. The van der Waals surface area contributed by atoms with Gasteiger partial charge >= 0.3 is 0 Å². The molecule has 1 aliphatic rings. The summed E-state index contributed by atoms with van der Waals surface area (Å²) in [6.07, 6.45) is 0. The van der Waals surface area contributed by atoms with Crippen molar-refractivity contribution >= 4 is 34.5 Å². The molecular weight excluding hydrogens is 484 g/mol. The Kier molecular flexibility index (Phi) is 7.01. The second-order valence-electron chi connectivity index (χ2n) is 8.34. The molecule has 4 rings (SSSR count). The van der Waals surface area contributed by atoms with Crippen LogP contribution in [0.5, 0.6) is 0 Å². The third kappa shape index (κ3) is 4.65. The Balaban J connectivity index is 1.94. The first-order valence-corrected chi connectivity index (χ1v) is 11.5. The molecule has 1 unspecified atom stereocenters. The smallest absolute Gasteiger partial charge is 0.300 e. The number of amides is 1. The van der Waals surface area contributed by atoms with Crippen LogP contribution in [0.4, 0.5) is 25.8 Å². The number of nitro benzene ring substituents is 1. The molecule has 0 aliphatic carbocycles. The average molecular weight is 507 g/mol. The lowest BCUT2D eigenvalue weighted by Crippen LogP contribution is -2.30. The van der Waals surface area contributed by atoms with Crippen molar-refractivity contribution in [2.45, 2.75) is 19.9 Å². The third-order valence-electron chi connectivity index (χ3n) is 6.28.